The summed E-state index contributed by atoms with van der Waals surface area (Å²) in [5, 5.41) is 0.468. The van der Waals surface area contributed by atoms with E-state index in [0.29, 0.717) is 29.4 Å². The zero-order valence-electron chi connectivity index (χ0n) is 14.4. The van der Waals surface area contributed by atoms with E-state index in [1.54, 1.807) is 24.3 Å². The first-order valence-corrected chi connectivity index (χ1v) is 10.1. The van der Waals surface area contributed by atoms with Gasteiger partial charge in [-0.05, 0) is 55.6 Å². The highest BCUT2D eigenvalue weighted by Gasteiger charge is 2.20. The lowest BCUT2D eigenvalue weighted by atomic mass is 10.1. The van der Waals surface area contributed by atoms with E-state index in [0.717, 1.165) is 13.1 Å². The lowest BCUT2D eigenvalue weighted by Crippen LogP contribution is -2.47. The summed E-state index contributed by atoms with van der Waals surface area (Å²) < 4.78 is 27.3. The Bertz CT molecular complexity index is 875. The third-order valence-corrected chi connectivity index (χ3v) is 5.95. The summed E-state index contributed by atoms with van der Waals surface area (Å²) in [6.07, 6.45) is 0. The van der Waals surface area contributed by atoms with E-state index in [9.17, 15) is 13.2 Å². The van der Waals surface area contributed by atoms with Crippen LogP contribution in [-0.2, 0) is 10.0 Å². The summed E-state index contributed by atoms with van der Waals surface area (Å²) >= 11 is 5.79. The van der Waals surface area contributed by atoms with Crippen molar-refractivity contribution in [3.8, 4) is 0 Å². The largest absolute Gasteiger partial charge is 0.336 e. The number of sulfonamides is 1. The number of anilines is 1. The van der Waals surface area contributed by atoms with Crippen LogP contribution < -0.4 is 4.72 Å². The normalized spacial score (nSPS) is 15.7. The smallest absolute Gasteiger partial charge is 0.261 e. The first-order chi connectivity index (χ1) is 12.3. The van der Waals surface area contributed by atoms with Crippen LogP contribution in [-0.4, -0.2) is 57.4 Å². The molecule has 1 amide bonds. The van der Waals surface area contributed by atoms with E-state index in [2.05, 4.69) is 9.62 Å². The lowest BCUT2D eigenvalue weighted by Gasteiger charge is -2.32. The number of likely N-dealkylation sites (N-methyl/N-ethyl adjacent to an activating group) is 1. The second-order valence-corrected chi connectivity index (χ2v) is 8.35. The number of hydrogen-bond acceptors (Lipinski definition) is 4. The van der Waals surface area contributed by atoms with Gasteiger partial charge in [-0.3, -0.25) is 9.52 Å². The van der Waals surface area contributed by atoms with Gasteiger partial charge < -0.3 is 9.80 Å². The Labute approximate surface area is 158 Å². The standard InChI is InChI=1S/C18H20ClN3O3S/c1-21-10-12-22(13-11-21)18(23)14-2-6-16(7-3-14)20-26(24,25)17-8-4-15(19)5-9-17/h2-9,20H,10-13H2,1H3. The van der Waals surface area contributed by atoms with E-state index in [1.165, 1.54) is 24.3 Å². The van der Waals surface area contributed by atoms with Crippen LogP contribution in [0.3, 0.4) is 0 Å². The average Bonchev–Trinajstić information content (AvgIpc) is 2.62. The second-order valence-electron chi connectivity index (χ2n) is 6.23. The molecule has 1 fully saturated rings. The van der Waals surface area contributed by atoms with Crippen LogP contribution in [0.15, 0.2) is 53.4 Å². The van der Waals surface area contributed by atoms with Crippen LogP contribution in [0, 0.1) is 0 Å². The van der Waals surface area contributed by atoms with Crippen molar-refractivity contribution in [2.24, 2.45) is 0 Å². The molecule has 138 valence electrons. The number of nitrogens with one attached hydrogen (secondary N) is 1. The average molecular weight is 394 g/mol. The molecule has 1 N–H and O–H groups in total. The van der Waals surface area contributed by atoms with E-state index < -0.39 is 10.0 Å². The number of halogens is 1. The predicted octanol–water partition coefficient (Wildman–Crippen LogP) is 2.53. The third kappa shape index (κ3) is 4.35. The molecule has 2 aromatic rings. The Morgan fingerprint density at radius 2 is 1.54 bits per heavy atom. The zero-order valence-corrected chi connectivity index (χ0v) is 15.9. The van der Waals surface area contributed by atoms with Crippen molar-refractivity contribution in [2.75, 3.05) is 37.9 Å². The van der Waals surface area contributed by atoms with Crippen LogP contribution in [0.5, 0.6) is 0 Å². The molecule has 1 saturated heterocycles. The summed E-state index contributed by atoms with van der Waals surface area (Å²) in [5.74, 6) is -0.0368. The number of piperazine rings is 1. The Balaban J connectivity index is 1.69. The summed E-state index contributed by atoms with van der Waals surface area (Å²) in [7, 11) is -1.67. The van der Waals surface area contributed by atoms with Gasteiger partial charge >= 0.3 is 0 Å². The minimum absolute atomic E-state index is 0.0368. The predicted molar refractivity (Wildman–Crippen MR) is 102 cm³/mol. The van der Waals surface area contributed by atoms with Crippen molar-refractivity contribution in [2.45, 2.75) is 4.90 Å². The van der Waals surface area contributed by atoms with Crippen molar-refractivity contribution in [1.29, 1.82) is 0 Å². The summed E-state index contributed by atoms with van der Waals surface area (Å²) in [6, 6.07) is 12.4. The second kappa shape index (κ2) is 7.65. The van der Waals surface area contributed by atoms with Gasteiger partial charge in [0.15, 0.2) is 0 Å². The minimum atomic E-state index is -3.70. The molecule has 0 spiro atoms. The van der Waals surface area contributed by atoms with Gasteiger partial charge in [-0.25, -0.2) is 8.42 Å². The van der Waals surface area contributed by atoms with Gasteiger partial charge in [0.2, 0.25) is 0 Å². The number of amides is 1. The maximum absolute atomic E-state index is 12.5. The number of rotatable bonds is 4. The number of benzene rings is 2. The topological polar surface area (TPSA) is 69.7 Å². The van der Waals surface area contributed by atoms with Gasteiger partial charge in [0.05, 0.1) is 4.90 Å². The Kier molecular flexibility index (Phi) is 5.50. The minimum Gasteiger partial charge on any atom is -0.336 e. The van der Waals surface area contributed by atoms with Crippen molar-refractivity contribution in [1.82, 2.24) is 9.80 Å². The van der Waals surface area contributed by atoms with Crippen molar-refractivity contribution in [3.63, 3.8) is 0 Å². The lowest BCUT2D eigenvalue weighted by molar-refractivity contribution is 0.0664. The number of hydrogen-bond donors (Lipinski definition) is 1. The zero-order chi connectivity index (χ0) is 18.7. The molecule has 6 nitrogen and oxygen atoms in total. The highest BCUT2D eigenvalue weighted by Crippen LogP contribution is 2.19. The summed E-state index contributed by atoms with van der Waals surface area (Å²) in [4.78, 5) is 16.6. The quantitative estimate of drug-likeness (QED) is 0.866. The molecule has 0 aliphatic carbocycles. The molecule has 0 aromatic heterocycles. The molecule has 1 heterocycles. The van der Waals surface area contributed by atoms with Crippen LogP contribution >= 0.6 is 11.6 Å². The van der Waals surface area contributed by atoms with Crippen LogP contribution in [0.1, 0.15) is 10.4 Å². The number of carbonyl (C=O) groups is 1. The Morgan fingerprint density at radius 1 is 0.962 bits per heavy atom. The SMILES string of the molecule is CN1CCN(C(=O)c2ccc(NS(=O)(=O)c3ccc(Cl)cc3)cc2)CC1. The molecule has 26 heavy (non-hydrogen) atoms. The van der Waals surface area contributed by atoms with E-state index in [4.69, 9.17) is 11.6 Å². The molecule has 1 aliphatic rings. The molecule has 3 rings (SSSR count). The van der Waals surface area contributed by atoms with Gasteiger partial charge in [0, 0.05) is 42.5 Å². The Morgan fingerprint density at radius 3 is 2.12 bits per heavy atom. The molecule has 0 bridgehead atoms. The molecule has 0 unspecified atom stereocenters. The van der Waals surface area contributed by atoms with Gasteiger partial charge in [-0.15, -0.1) is 0 Å². The summed E-state index contributed by atoms with van der Waals surface area (Å²) in [5.41, 5.74) is 0.943. The monoisotopic (exact) mass is 393 g/mol. The first kappa shape index (κ1) is 18.7. The fourth-order valence-electron chi connectivity index (χ4n) is 2.70. The molecule has 0 radical (unpaired) electrons. The maximum Gasteiger partial charge on any atom is 0.261 e. The molecular formula is C18H20ClN3O3S. The number of nitrogens with zero attached hydrogens (tertiary/aromatic N) is 2. The van der Waals surface area contributed by atoms with E-state index >= 15 is 0 Å². The van der Waals surface area contributed by atoms with Crippen molar-refractivity contribution < 1.29 is 13.2 Å². The highest BCUT2D eigenvalue weighted by atomic mass is 35.5. The van der Waals surface area contributed by atoms with Gasteiger partial charge in [0.1, 0.15) is 0 Å². The Hall–Kier alpha value is -2.09. The molecular weight excluding hydrogens is 374 g/mol. The van der Waals surface area contributed by atoms with E-state index in [-0.39, 0.29) is 10.8 Å². The molecule has 0 atom stereocenters. The van der Waals surface area contributed by atoms with Gasteiger partial charge in [-0.2, -0.15) is 0 Å². The summed E-state index contributed by atoms with van der Waals surface area (Å²) in [6.45, 7) is 3.09. The van der Waals surface area contributed by atoms with E-state index in [1.807, 2.05) is 11.9 Å². The van der Waals surface area contributed by atoms with Crippen molar-refractivity contribution in [3.05, 3.63) is 59.1 Å². The fraction of sp³-hybridized carbons (Fsp3) is 0.278. The van der Waals surface area contributed by atoms with Crippen LogP contribution in [0.2, 0.25) is 5.02 Å². The van der Waals surface area contributed by atoms with Crippen LogP contribution in [0.4, 0.5) is 5.69 Å². The third-order valence-electron chi connectivity index (χ3n) is 4.30. The maximum atomic E-state index is 12.5. The molecule has 8 heteroatoms. The van der Waals surface area contributed by atoms with Crippen LogP contribution in [0.25, 0.3) is 0 Å². The first-order valence-electron chi connectivity index (χ1n) is 8.21. The van der Waals surface area contributed by atoms with Crippen molar-refractivity contribution >= 4 is 33.2 Å². The molecule has 2 aromatic carbocycles. The highest BCUT2D eigenvalue weighted by molar-refractivity contribution is 7.92. The van der Waals surface area contributed by atoms with Gasteiger partial charge in [0.25, 0.3) is 15.9 Å². The van der Waals surface area contributed by atoms with Gasteiger partial charge in [-0.1, -0.05) is 11.6 Å². The molecule has 1 aliphatic heterocycles. The fourth-order valence-corrected chi connectivity index (χ4v) is 3.89. The number of carbonyl (C=O) groups excluding carboxylic acids is 1. The molecule has 0 saturated carbocycles.